The van der Waals surface area contributed by atoms with Crippen molar-refractivity contribution >= 4 is 80.3 Å². The van der Waals surface area contributed by atoms with Gasteiger partial charge < -0.3 is 30.3 Å². The molecule has 1 fully saturated rings. The molecule has 4 heterocycles. The Morgan fingerprint density at radius 2 is 1.70 bits per heavy atom. The van der Waals surface area contributed by atoms with Crippen LogP contribution in [0.1, 0.15) is 70.5 Å². The van der Waals surface area contributed by atoms with Gasteiger partial charge >= 0.3 is 6.03 Å². The fourth-order valence-corrected chi connectivity index (χ4v) is 9.08. The van der Waals surface area contributed by atoms with E-state index in [0.29, 0.717) is 45.1 Å². The molecule has 5 aromatic rings. The number of piperidine rings is 1. The molecule has 2 unspecified atom stereocenters. The molecule has 0 radical (unpaired) electrons. The summed E-state index contributed by atoms with van der Waals surface area (Å²) in [5.41, 5.74) is 8.40. The molecule has 0 spiro atoms. The summed E-state index contributed by atoms with van der Waals surface area (Å²) < 4.78 is 0. The number of carbonyl (C=O) groups excluding carboxylic acids is 2. The van der Waals surface area contributed by atoms with E-state index in [2.05, 4.69) is 62.8 Å². The Hall–Kier alpha value is -5.40. The third kappa shape index (κ3) is 6.87. The van der Waals surface area contributed by atoms with Crippen LogP contribution in [0.4, 0.5) is 16.2 Å². The highest BCUT2D eigenvalue weighted by atomic mass is 35.5. The van der Waals surface area contributed by atoms with Crippen molar-refractivity contribution in [3.8, 4) is 6.07 Å². The zero-order chi connectivity index (χ0) is 39.2. The normalized spacial score (nSPS) is 18.0. The van der Waals surface area contributed by atoms with Crippen molar-refractivity contribution < 1.29 is 9.59 Å². The number of rotatable bonds is 6. The van der Waals surface area contributed by atoms with Crippen molar-refractivity contribution in [2.45, 2.75) is 38.3 Å². The summed E-state index contributed by atoms with van der Waals surface area (Å²) in [5, 5.41) is 18.7. The minimum atomic E-state index is -0.389. The maximum atomic E-state index is 15.0. The fourth-order valence-electron chi connectivity index (χ4n) is 8.34. The van der Waals surface area contributed by atoms with Gasteiger partial charge in [-0.15, -0.1) is 0 Å². The Bertz CT molecular complexity index is 2480. The first kappa shape index (κ1) is 37.5. The molecule has 3 amide bonds. The van der Waals surface area contributed by atoms with Crippen LogP contribution in [0.2, 0.25) is 15.1 Å². The molecule has 0 bridgehead atoms. The summed E-state index contributed by atoms with van der Waals surface area (Å²) in [6.07, 6.45) is 6.52. The van der Waals surface area contributed by atoms with Crippen LogP contribution >= 0.6 is 34.8 Å². The number of allylic oxidation sites excluding steroid dienone is 2. The van der Waals surface area contributed by atoms with Crippen LogP contribution in [0, 0.1) is 17.2 Å². The van der Waals surface area contributed by atoms with Crippen molar-refractivity contribution in [2.24, 2.45) is 5.92 Å². The number of hydrogen-bond acceptors (Lipinski definition) is 5. The highest BCUT2D eigenvalue weighted by Gasteiger charge is 2.40. The topological polar surface area (TPSA) is 108 Å². The van der Waals surface area contributed by atoms with Crippen molar-refractivity contribution in [3.05, 3.63) is 140 Å². The molecular formula is C44H40Cl3N7O2. The van der Waals surface area contributed by atoms with Gasteiger partial charge in [-0.2, -0.15) is 5.26 Å². The Morgan fingerprint density at radius 1 is 0.929 bits per heavy atom. The van der Waals surface area contributed by atoms with E-state index in [4.69, 9.17) is 34.8 Å². The van der Waals surface area contributed by atoms with Crippen LogP contribution < -0.4 is 15.5 Å². The molecule has 9 nitrogen and oxygen atoms in total. The summed E-state index contributed by atoms with van der Waals surface area (Å²) in [7, 11) is 3.45. The predicted molar refractivity (Wildman–Crippen MR) is 226 cm³/mol. The summed E-state index contributed by atoms with van der Waals surface area (Å²) >= 11 is 20.3. The predicted octanol–water partition coefficient (Wildman–Crippen LogP) is 10.3. The number of urea groups is 1. The van der Waals surface area contributed by atoms with Gasteiger partial charge in [-0.3, -0.25) is 4.79 Å². The van der Waals surface area contributed by atoms with Crippen LogP contribution in [-0.4, -0.2) is 59.9 Å². The van der Waals surface area contributed by atoms with E-state index in [0.717, 1.165) is 69.4 Å². The number of benzene rings is 4. The SMILES string of the molecule is CC1CC=CN2C(=C1c1ccccc1)c1c(C(=O)Nc3cc(C#N)ccc3N3CCC(NC(=O)N(C)C)CC3)[nH]c3cc(Cl)cc(c13)C2c1ccc(Cl)cc1Cl. The minimum absolute atomic E-state index is 0.0377. The molecule has 0 aliphatic carbocycles. The third-order valence-electron chi connectivity index (χ3n) is 11.0. The maximum Gasteiger partial charge on any atom is 0.317 e. The molecule has 56 heavy (non-hydrogen) atoms. The fraction of sp³-hybridized carbons (Fsp3) is 0.250. The number of fused-ring (bicyclic) bond motifs is 2. The average Bonchev–Trinajstić information content (AvgIpc) is 3.47. The zero-order valence-electron chi connectivity index (χ0n) is 31.2. The summed E-state index contributed by atoms with van der Waals surface area (Å²) in [5.74, 6) is -0.263. The Kier molecular flexibility index (Phi) is 10.2. The lowest BCUT2D eigenvalue weighted by molar-refractivity contribution is 0.102. The number of carbonyl (C=O) groups is 2. The van der Waals surface area contributed by atoms with Gasteiger partial charge in [-0.25, -0.2) is 4.79 Å². The first-order valence-electron chi connectivity index (χ1n) is 18.7. The van der Waals surface area contributed by atoms with Gasteiger partial charge in [0.15, 0.2) is 0 Å². The zero-order valence-corrected chi connectivity index (χ0v) is 33.4. The molecule has 4 aromatic carbocycles. The standard InChI is InChI=1S/C44H40Cl3N7O2/c1-25-8-7-17-54-41(31-13-12-28(45)22-33(31)47)32-21-29(46)23-35-38(32)39(42(54)37(25)27-9-5-4-6-10-27)40(50-35)43(55)51-34-20-26(24-48)11-14-36(34)53-18-15-30(16-19-53)49-44(56)52(2)3/h4-7,9-14,17,20-23,25,30,41,50H,8,15-16,18-19H2,1-3H3,(H,49,56)(H,51,55). The molecule has 2 atom stereocenters. The van der Waals surface area contributed by atoms with Crippen LogP contribution in [0.3, 0.4) is 0 Å². The Balaban J connectivity index is 1.28. The Labute approximate surface area is 341 Å². The first-order valence-corrected chi connectivity index (χ1v) is 19.8. The summed E-state index contributed by atoms with van der Waals surface area (Å²) in [6, 6.07) is 26.8. The second kappa shape index (κ2) is 15.3. The third-order valence-corrected chi connectivity index (χ3v) is 11.8. The molecule has 8 rings (SSSR count). The van der Waals surface area contributed by atoms with Crippen molar-refractivity contribution in [2.75, 3.05) is 37.4 Å². The van der Waals surface area contributed by atoms with E-state index in [1.165, 1.54) is 4.90 Å². The van der Waals surface area contributed by atoms with E-state index in [-0.39, 0.29) is 29.9 Å². The lowest BCUT2D eigenvalue weighted by Gasteiger charge is -2.39. The van der Waals surface area contributed by atoms with E-state index < -0.39 is 0 Å². The number of halogens is 3. The molecule has 1 saturated heterocycles. The minimum Gasteiger partial charge on any atom is -0.370 e. The van der Waals surface area contributed by atoms with Crippen molar-refractivity contribution in [1.29, 1.82) is 5.26 Å². The summed E-state index contributed by atoms with van der Waals surface area (Å²) in [4.78, 5) is 36.7. The molecule has 3 N–H and O–H groups in total. The number of nitrogens with one attached hydrogen (secondary N) is 3. The van der Waals surface area contributed by atoms with Gasteiger partial charge in [0, 0.05) is 71.0 Å². The number of aromatic amines is 1. The molecule has 0 saturated carbocycles. The second-order valence-corrected chi connectivity index (χ2v) is 16.1. The summed E-state index contributed by atoms with van der Waals surface area (Å²) in [6.45, 7) is 3.53. The monoisotopic (exact) mass is 803 g/mol. The highest BCUT2D eigenvalue weighted by molar-refractivity contribution is 6.35. The van der Waals surface area contributed by atoms with Crippen LogP contribution in [0.25, 0.3) is 22.2 Å². The Morgan fingerprint density at radius 3 is 2.41 bits per heavy atom. The lowest BCUT2D eigenvalue weighted by Crippen LogP contribution is -2.47. The van der Waals surface area contributed by atoms with Gasteiger partial charge in [0.25, 0.3) is 5.91 Å². The van der Waals surface area contributed by atoms with Crippen LogP contribution in [-0.2, 0) is 0 Å². The van der Waals surface area contributed by atoms with Crippen LogP contribution in [0.15, 0.2) is 91.1 Å². The smallest absolute Gasteiger partial charge is 0.317 e. The average molecular weight is 805 g/mol. The number of aromatic nitrogens is 1. The van der Waals surface area contributed by atoms with E-state index >= 15 is 0 Å². The number of anilines is 2. The van der Waals surface area contributed by atoms with E-state index in [1.807, 2.05) is 48.5 Å². The van der Waals surface area contributed by atoms with Crippen molar-refractivity contribution in [1.82, 2.24) is 20.1 Å². The number of amides is 3. The molecule has 12 heteroatoms. The molecule has 1 aromatic heterocycles. The quantitative estimate of drug-likeness (QED) is 0.158. The van der Waals surface area contributed by atoms with Gasteiger partial charge in [0.2, 0.25) is 0 Å². The van der Waals surface area contributed by atoms with E-state index in [1.54, 1.807) is 32.3 Å². The second-order valence-electron chi connectivity index (χ2n) is 14.8. The lowest BCUT2D eigenvalue weighted by atomic mass is 9.82. The number of H-pyrrole nitrogens is 1. The first-order chi connectivity index (χ1) is 27.0. The number of nitriles is 1. The van der Waals surface area contributed by atoms with Gasteiger partial charge in [-0.05, 0) is 89.9 Å². The van der Waals surface area contributed by atoms with Gasteiger partial charge in [-0.1, -0.05) is 84.2 Å². The van der Waals surface area contributed by atoms with Gasteiger partial charge in [0.05, 0.1) is 34.7 Å². The van der Waals surface area contributed by atoms with Crippen LogP contribution in [0.5, 0.6) is 0 Å². The molecular weight excluding hydrogens is 765 g/mol. The van der Waals surface area contributed by atoms with Crippen molar-refractivity contribution in [3.63, 3.8) is 0 Å². The molecule has 3 aliphatic rings. The largest absolute Gasteiger partial charge is 0.370 e. The molecule has 284 valence electrons. The number of hydrogen-bond donors (Lipinski definition) is 3. The van der Waals surface area contributed by atoms with E-state index in [9.17, 15) is 14.9 Å². The highest BCUT2D eigenvalue weighted by Crippen LogP contribution is 2.53. The van der Waals surface area contributed by atoms with Gasteiger partial charge in [0.1, 0.15) is 5.69 Å². The molecule has 3 aliphatic heterocycles. The maximum absolute atomic E-state index is 15.0. The number of nitrogens with zero attached hydrogens (tertiary/aromatic N) is 4.